The Morgan fingerprint density at radius 1 is 1.19 bits per heavy atom. The van der Waals surface area contributed by atoms with Gasteiger partial charge >= 0.3 is 5.97 Å². The molecule has 0 aliphatic heterocycles. The molecule has 12 heteroatoms. The summed E-state index contributed by atoms with van der Waals surface area (Å²) in [6, 6.07) is 9.47. The first-order valence-corrected chi connectivity index (χ1v) is 9.46. The summed E-state index contributed by atoms with van der Waals surface area (Å²) in [5, 5.41) is 31.9. The molecule has 3 rings (SSSR count). The molecule has 0 amide bonds. The maximum absolute atomic E-state index is 12.5. The second kappa shape index (κ2) is 8.96. The number of hydrogen-bond acceptors (Lipinski definition) is 7. The van der Waals surface area contributed by atoms with Crippen LogP contribution in [-0.2, 0) is 4.79 Å². The summed E-state index contributed by atoms with van der Waals surface area (Å²) in [5.41, 5.74) is -3.17. The number of benzene rings is 2. The number of nitro benzene ring substituents is 1. The van der Waals surface area contributed by atoms with E-state index in [0.717, 1.165) is 22.8 Å². The number of para-hydroxylation sites is 1. The first kappa shape index (κ1) is 22.6. The van der Waals surface area contributed by atoms with Crippen LogP contribution in [0.4, 0.5) is 5.69 Å². The highest BCUT2D eigenvalue weighted by Gasteiger charge is 2.26. The van der Waals surface area contributed by atoms with Crippen molar-refractivity contribution in [1.82, 2.24) is 9.55 Å². The Morgan fingerprint density at radius 3 is 2.38 bits per heavy atom. The van der Waals surface area contributed by atoms with E-state index >= 15 is 0 Å². The fourth-order valence-electron chi connectivity index (χ4n) is 2.97. The number of nitrogens with zero attached hydrogens (tertiary/aromatic N) is 2. The van der Waals surface area contributed by atoms with Crippen molar-refractivity contribution in [3.05, 3.63) is 89.4 Å². The monoisotopic (exact) mass is 473 g/mol. The summed E-state index contributed by atoms with van der Waals surface area (Å²) < 4.78 is 0.946. The second-order valence-corrected chi connectivity index (χ2v) is 7.11. The third kappa shape index (κ3) is 4.19. The number of aromatic carboxylic acids is 1. The Hall–Kier alpha value is -4.09. The number of carboxylic acids is 1. The lowest BCUT2D eigenvalue weighted by Crippen LogP contribution is -2.16. The number of aromatic amines is 1. The molecule has 3 N–H and O–H groups in total. The van der Waals surface area contributed by atoms with Gasteiger partial charge in [0.1, 0.15) is 11.1 Å². The fraction of sp³-hybridized carbons (Fsp3) is 0. The standard InChI is InChI=1S/C20H12ClN3O7S/c21-11-4-6-12(7-5-11)23-18(27)15(17(26)22-20(23)32)8-10(9-25)13-2-1-3-14(19(28)29)16(13)24(30)31/h1-9,27H,(H,28,29)(H,22,26,32). The Kier molecular flexibility index (Phi) is 6.32. The van der Waals surface area contributed by atoms with Crippen molar-refractivity contribution >= 4 is 53.4 Å². The average molecular weight is 474 g/mol. The maximum Gasteiger partial charge on any atom is 0.342 e. The molecule has 1 heterocycles. The minimum absolute atomic E-state index is 0.154. The molecule has 0 atom stereocenters. The van der Waals surface area contributed by atoms with E-state index in [1.165, 1.54) is 30.3 Å². The molecular formula is C20H12ClN3O7S. The smallest absolute Gasteiger partial charge is 0.342 e. The summed E-state index contributed by atoms with van der Waals surface area (Å²) in [6.07, 6.45) is 1.12. The lowest BCUT2D eigenvalue weighted by Gasteiger charge is -2.12. The van der Waals surface area contributed by atoms with E-state index in [0.29, 0.717) is 10.7 Å². The SMILES string of the molecule is O=CC(=Cc1c(O)n(-c2ccc(Cl)cc2)c(=S)[nH]c1=O)c1cccc(C(=O)O)c1[N+](=O)[O-]. The van der Waals surface area contributed by atoms with Gasteiger partial charge < -0.3 is 10.2 Å². The number of allylic oxidation sites excluding steroid dienone is 1. The summed E-state index contributed by atoms with van der Waals surface area (Å²) in [5.74, 6) is -2.21. The van der Waals surface area contributed by atoms with Gasteiger partial charge in [0.15, 0.2) is 11.1 Å². The predicted molar refractivity (Wildman–Crippen MR) is 118 cm³/mol. The lowest BCUT2D eigenvalue weighted by molar-refractivity contribution is -0.385. The minimum atomic E-state index is -1.57. The van der Waals surface area contributed by atoms with Crippen LogP contribution in [0.3, 0.4) is 0 Å². The molecule has 162 valence electrons. The van der Waals surface area contributed by atoms with Crippen LogP contribution in [0, 0.1) is 14.9 Å². The van der Waals surface area contributed by atoms with Crippen molar-refractivity contribution in [2.24, 2.45) is 0 Å². The van der Waals surface area contributed by atoms with Crippen molar-refractivity contribution in [3.63, 3.8) is 0 Å². The second-order valence-electron chi connectivity index (χ2n) is 6.29. The van der Waals surface area contributed by atoms with Crippen LogP contribution in [-0.4, -0.2) is 36.9 Å². The number of aromatic hydroxyl groups is 1. The van der Waals surface area contributed by atoms with Gasteiger partial charge in [-0.2, -0.15) is 0 Å². The third-order valence-corrected chi connectivity index (χ3v) is 4.93. The summed E-state index contributed by atoms with van der Waals surface area (Å²) in [6.45, 7) is 0. The molecule has 0 aliphatic carbocycles. The quantitative estimate of drug-likeness (QED) is 0.161. The summed E-state index contributed by atoms with van der Waals surface area (Å²) in [7, 11) is 0. The summed E-state index contributed by atoms with van der Waals surface area (Å²) in [4.78, 5) is 48.6. The number of aldehydes is 1. The predicted octanol–water partition coefficient (Wildman–Crippen LogP) is 3.60. The van der Waals surface area contributed by atoms with Crippen molar-refractivity contribution in [3.8, 4) is 11.6 Å². The van der Waals surface area contributed by atoms with Crippen LogP contribution in [0.1, 0.15) is 21.5 Å². The number of carbonyl (C=O) groups excluding carboxylic acids is 1. The zero-order valence-electron chi connectivity index (χ0n) is 15.8. The number of nitrogens with one attached hydrogen (secondary N) is 1. The number of rotatable bonds is 6. The Morgan fingerprint density at radius 2 is 1.81 bits per heavy atom. The molecule has 0 spiro atoms. The maximum atomic E-state index is 12.5. The highest BCUT2D eigenvalue weighted by molar-refractivity contribution is 7.71. The molecule has 0 fully saturated rings. The lowest BCUT2D eigenvalue weighted by atomic mass is 9.99. The van der Waals surface area contributed by atoms with Crippen molar-refractivity contribution in [2.75, 3.05) is 0 Å². The van der Waals surface area contributed by atoms with Gasteiger partial charge in [0.2, 0.25) is 5.88 Å². The van der Waals surface area contributed by atoms with E-state index < -0.39 is 44.7 Å². The molecule has 3 aromatic rings. The Labute approximate surface area is 188 Å². The van der Waals surface area contributed by atoms with Crippen LogP contribution in [0.15, 0.2) is 47.3 Å². The molecule has 10 nitrogen and oxygen atoms in total. The van der Waals surface area contributed by atoms with Gasteiger partial charge in [0.25, 0.3) is 11.2 Å². The zero-order chi connectivity index (χ0) is 23.6. The van der Waals surface area contributed by atoms with Gasteiger partial charge in [-0.05, 0) is 54.7 Å². The van der Waals surface area contributed by atoms with Crippen LogP contribution < -0.4 is 5.56 Å². The Bertz CT molecular complexity index is 1410. The van der Waals surface area contributed by atoms with Crippen LogP contribution in [0.25, 0.3) is 17.3 Å². The van der Waals surface area contributed by atoms with Gasteiger partial charge in [-0.3, -0.25) is 29.3 Å². The summed E-state index contributed by atoms with van der Waals surface area (Å²) >= 11 is 11.0. The average Bonchev–Trinajstić information content (AvgIpc) is 2.74. The molecule has 0 saturated heterocycles. The van der Waals surface area contributed by atoms with Crippen molar-refractivity contribution in [1.29, 1.82) is 0 Å². The highest BCUT2D eigenvalue weighted by atomic mass is 35.5. The topological polar surface area (TPSA) is 156 Å². The van der Waals surface area contributed by atoms with E-state index in [1.807, 2.05) is 0 Å². The Balaban J connectivity index is 2.31. The molecule has 0 radical (unpaired) electrons. The molecule has 2 aromatic carbocycles. The zero-order valence-corrected chi connectivity index (χ0v) is 17.4. The third-order valence-electron chi connectivity index (χ3n) is 4.39. The highest BCUT2D eigenvalue weighted by Crippen LogP contribution is 2.31. The van der Waals surface area contributed by atoms with E-state index in [9.17, 15) is 34.7 Å². The first-order valence-electron chi connectivity index (χ1n) is 8.68. The van der Waals surface area contributed by atoms with E-state index in [4.69, 9.17) is 23.8 Å². The molecule has 0 bridgehead atoms. The van der Waals surface area contributed by atoms with E-state index in [1.54, 1.807) is 0 Å². The molecule has 0 saturated carbocycles. The van der Waals surface area contributed by atoms with Crippen LogP contribution in [0.2, 0.25) is 5.02 Å². The number of H-pyrrole nitrogens is 1. The number of carbonyl (C=O) groups is 2. The van der Waals surface area contributed by atoms with E-state index in [-0.39, 0.29) is 16.6 Å². The van der Waals surface area contributed by atoms with Crippen molar-refractivity contribution < 1.29 is 24.7 Å². The first-order chi connectivity index (χ1) is 15.1. The van der Waals surface area contributed by atoms with Gasteiger partial charge in [-0.25, -0.2) is 4.79 Å². The number of hydrogen-bond donors (Lipinski definition) is 3. The van der Waals surface area contributed by atoms with Gasteiger partial charge in [-0.1, -0.05) is 17.7 Å². The number of nitro groups is 1. The van der Waals surface area contributed by atoms with E-state index in [2.05, 4.69) is 4.98 Å². The molecule has 1 aromatic heterocycles. The molecule has 0 unspecified atom stereocenters. The largest absolute Gasteiger partial charge is 0.494 e. The van der Waals surface area contributed by atoms with Crippen molar-refractivity contribution in [2.45, 2.75) is 0 Å². The minimum Gasteiger partial charge on any atom is -0.494 e. The normalized spacial score (nSPS) is 11.2. The van der Waals surface area contributed by atoms with Gasteiger partial charge in [0.05, 0.1) is 16.2 Å². The molecule has 0 aliphatic rings. The van der Waals surface area contributed by atoms with Gasteiger partial charge in [0, 0.05) is 10.6 Å². The number of carboxylic acid groups (broad SMARTS) is 1. The molecule has 32 heavy (non-hydrogen) atoms. The van der Waals surface area contributed by atoms with Crippen LogP contribution in [0.5, 0.6) is 5.88 Å². The molecular weight excluding hydrogens is 462 g/mol. The van der Waals surface area contributed by atoms with Gasteiger partial charge in [-0.15, -0.1) is 0 Å². The fourth-order valence-corrected chi connectivity index (χ4v) is 3.39. The van der Waals surface area contributed by atoms with Crippen LogP contribution >= 0.6 is 23.8 Å². The number of halogens is 1. The number of aromatic nitrogens is 2.